The Kier molecular flexibility index (Phi) is 4.11. The van der Waals surface area contributed by atoms with Crippen LogP contribution in [0.25, 0.3) is 0 Å². The molecular formula is C15H22N2S. The van der Waals surface area contributed by atoms with Gasteiger partial charge in [-0.15, -0.1) is 0 Å². The second-order valence-electron chi connectivity index (χ2n) is 5.27. The zero-order chi connectivity index (χ0) is 12.2. The molecule has 0 radical (unpaired) electrons. The van der Waals surface area contributed by atoms with E-state index in [0.717, 1.165) is 12.5 Å². The Balaban J connectivity index is 1.69. The van der Waals surface area contributed by atoms with Gasteiger partial charge in [0.05, 0.1) is 0 Å². The molecule has 1 aromatic rings. The highest BCUT2D eigenvalue weighted by molar-refractivity contribution is 7.99. The summed E-state index contributed by atoms with van der Waals surface area (Å²) in [6.45, 7) is 4.94. The molecule has 1 atom stereocenters. The van der Waals surface area contributed by atoms with E-state index in [1.54, 1.807) is 0 Å². The quantitative estimate of drug-likeness (QED) is 0.882. The minimum absolute atomic E-state index is 0.727. The van der Waals surface area contributed by atoms with E-state index < -0.39 is 0 Å². The van der Waals surface area contributed by atoms with Crippen molar-refractivity contribution in [3.8, 4) is 0 Å². The van der Waals surface area contributed by atoms with E-state index in [-0.39, 0.29) is 0 Å². The zero-order valence-electron chi connectivity index (χ0n) is 10.9. The minimum Gasteiger partial charge on any atom is -0.385 e. The zero-order valence-corrected chi connectivity index (χ0v) is 11.7. The summed E-state index contributed by atoms with van der Waals surface area (Å²) in [5, 5.41) is 3.52. The number of hydrogen-bond donors (Lipinski definition) is 1. The smallest absolute Gasteiger partial charge is 0.0376 e. The van der Waals surface area contributed by atoms with Gasteiger partial charge in [0.25, 0.3) is 0 Å². The number of anilines is 1. The normalized spacial score (nSPS) is 25.0. The van der Waals surface area contributed by atoms with Gasteiger partial charge in [0.2, 0.25) is 0 Å². The van der Waals surface area contributed by atoms with Crippen LogP contribution in [0.1, 0.15) is 24.3 Å². The van der Waals surface area contributed by atoms with Gasteiger partial charge in [-0.1, -0.05) is 18.2 Å². The fourth-order valence-electron chi connectivity index (χ4n) is 3.03. The van der Waals surface area contributed by atoms with Crippen LogP contribution >= 0.6 is 11.8 Å². The van der Waals surface area contributed by atoms with Gasteiger partial charge in [0.1, 0.15) is 0 Å². The fraction of sp³-hybridized carbons (Fsp3) is 0.600. The van der Waals surface area contributed by atoms with Crippen molar-refractivity contribution in [3.63, 3.8) is 0 Å². The van der Waals surface area contributed by atoms with Gasteiger partial charge in [-0.25, -0.2) is 0 Å². The molecule has 0 aromatic heterocycles. The van der Waals surface area contributed by atoms with E-state index in [1.165, 1.54) is 55.2 Å². The van der Waals surface area contributed by atoms with Crippen LogP contribution in [0.5, 0.6) is 0 Å². The van der Waals surface area contributed by atoms with Crippen LogP contribution in [0.15, 0.2) is 24.3 Å². The lowest BCUT2D eigenvalue weighted by Gasteiger charge is -2.31. The maximum absolute atomic E-state index is 3.52. The first kappa shape index (κ1) is 12.4. The number of para-hydroxylation sites is 1. The van der Waals surface area contributed by atoms with E-state index >= 15 is 0 Å². The molecule has 1 saturated heterocycles. The van der Waals surface area contributed by atoms with E-state index in [4.69, 9.17) is 0 Å². The SMILES string of the molecule is c1ccc2c(c1)NCCC2CN1CCCSCC1. The molecule has 0 spiro atoms. The lowest BCUT2D eigenvalue weighted by molar-refractivity contribution is 0.271. The second-order valence-corrected chi connectivity index (χ2v) is 6.49. The lowest BCUT2D eigenvalue weighted by Crippen LogP contribution is -2.33. The maximum Gasteiger partial charge on any atom is 0.0376 e. The molecule has 2 nitrogen and oxygen atoms in total. The first-order valence-electron chi connectivity index (χ1n) is 7.06. The number of nitrogens with zero attached hydrogens (tertiary/aromatic N) is 1. The van der Waals surface area contributed by atoms with Gasteiger partial charge in [-0.05, 0) is 36.8 Å². The fourth-order valence-corrected chi connectivity index (χ4v) is 3.96. The molecule has 2 heterocycles. The largest absolute Gasteiger partial charge is 0.385 e. The van der Waals surface area contributed by atoms with Crippen molar-refractivity contribution < 1.29 is 0 Å². The van der Waals surface area contributed by atoms with Crippen molar-refractivity contribution in [1.29, 1.82) is 0 Å². The monoisotopic (exact) mass is 262 g/mol. The van der Waals surface area contributed by atoms with E-state index in [1.807, 2.05) is 0 Å². The van der Waals surface area contributed by atoms with Crippen LogP contribution < -0.4 is 5.32 Å². The molecule has 2 aliphatic rings. The average Bonchev–Trinajstić information content (AvgIpc) is 2.68. The standard InChI is InChI=1S/C15H22N2S/c1-2-5-15-14(4-1)13(6-7-16-15)12-17-8-3-10-18-11-9-17/h1-2,4-5,13,16H,3,6-12H2. The van der Waals surface area contributed by atoms with E-state index in [2.05, 4.69) is 46.2 Å². The first-order chi connectivity index (χ1) is 8.93. The number of benzene rings is 1. The third kappa shape index (κ3) is 2.83. The lowest BCUT2D eigenvalue weighted by atomic mass is 9.90. The van der Waals surface area contributed by atoms with Gasteiger partial charge < -0.3 is 10.2 Å². The Morgan fingerprint density at radius 3 is 3.17 bits per heavy atom. The van der Waals surface area contributed by atoms with Gasteiger partial charge in [-0.2, -0.15) is 11.8 Å². The summed E-state index contributed by atoms with van der Waals surface area (Å²) in [5.74, 6) is 3.39. The second kappa shape index (κ2) is 5.98. The van der Waals surface area contributed by atoms with E-state index in [0.29, 0.717) is 0 Å². The topological polar surface area (TPSA) is 15.3 Å². The number of fused-ring (bicyclic) bond motifs is 1. The Labute approximate surface area is 114 Å². The van der Waals surface area contributed by atoms with Gasteiger partial charge in [0.15, 0.2) is 0 Å². The highest BCUT2D eigenvalue weighted by Gasteiger charge is 2.22. The molecule has 0 bridgehead atoms. The summed E-state index contributed by atoms with van der Waals surface area (Å²) >= 11 is 2.11. The van der Waals surface area contributed by atoms with Crippen LogP contribution in [0.2, 0.25) is 0 Å². The van der Waals surface area contributed by atoms with Crippen LogP contribution in [0.3, 0.4) is 0 Å². The number of rotatable bonds is 2. The summed E-state index contributed by atoms with van der Waals surface area (Å²) in [5.41, 5.74) is 2.89. The van der Waals surface area contributed by atoms with E-state index in [9.17, 15) is 0 Å². The predicted molar refractivity (Wildman–Crippen MR) is 80.7 cm³/mol. The summed E-state index contributed by atoms with van der Waals surface area (Å²) in [7, 11) is 0. The Hall–Kier alpha value is -0.670. The Bertz CT molecular complexity index is 386. The average molecular weight is 262 g/mol. The van der Waals surface area contributed by atoms with Crippen LogP contribution in [-0.2, 0) is 0 Å². The van der Waals surface area contributed by atoms with Crippen LogP contribution in [-0.4, -0.2) is 42.6 Å². The van der Waals surface area contributed by atoms with Gasteiger partial charge in [0, 0.05) is 37.0 Å². The molecule has 0 aliphatic carbocycles. The summed E-state index contributed by atoms with van der Waals surface area (Å²) < 4.78 is 0. The van der Waals surface area contributed by atoms with Crippen LogP contribution in [0.4, 0.5) is 5.69 Å². The first-order valence-corrected chi connectivity index (χ1v) is 8.22. The Morgan fingerprint density at radius 1 is 1.22 bits per heavy atom. The molecule has 98 valence electrons. The molecule has 1 fully saturated rings. The van der Waals surface area contributed by atoms with Crippen LogP contribution in [0, 0.1) is 0 Å². The molecule has 1 N–H and O–H groups in total. The molecule has 3 heteroatoms. The molecule has 0 saturated carbocycles. The third-order valence-corrected chi connectivity index (χ3v) is 5.05. The molecule has 1 aromatic carbocycles. The molecule has 1 unspecified atom stereocenters. The van der Waals surface area contributed by atoms with Crippen molar-refractivity contribution >= 4 is 17.4 Å². The van der Waals surface area contributed by atoms with Crippen molar-refractivity contribution in [2.45, 2.75) is 18.8 Å². The summed E-state index contributed by atoms with van der Waals surface area (Å²) in [6, 6.07) is 8.84. The van der Waals surface area contributed by atoms with Crippen molar-refractivity contribution in [3.05, 3.63) is 29.8 Å². The highest BCUT2D eigenvalue weighted by atomic mass is 32.2. The number of nitrogens with one attached hydrogen (secondary N) is 1. The number of hydrogen-bond acceptors (Lipinski definition) is 3. The number of thioether (sulfide) groups is 1. The van der Waals surface area contributed by atoms with Gasteiger partial charge in [-0.3, -0.25) is 0 Å². The van der Waals surface area contributed by atoms with Crippen molar-refractivity contribution in [2.75, 3.05) is 43.0 Å². The molecule has 3 rings (SSSR count). The molecular weight excluding hydrogens is 240 g/mol. The van der Waals surface area contributed by atoms with Crippen molar-refractivity contribution in [1.82, 2.24) is 4.90 Å². The predicted octanol–water partition coefficient (Wildman–Crippen LogP) is 3.02. The molecule has 18 heavy (non-hydrogen) atoms. The highest BCUT2D eigenvalue weighted by Crippen LogP contribution is 2.32. The summed E-state index contributed by atoms with van der Waals surface area (Å²) in [4.78, 5) is 2.67. The third-order valence-electron chi connectivity index (χ3n) is 4.00. The maximum atomic E-state index is 3.52. The van der Waals surface area contributed by atoms with Crippen molar-refractivity contribution in [2.24, 2.45) is 0 Å². The molecule has 0 amide bonds. The molecule has 2 aliphatic heterocycles. The Morgan fingerprint density at radius 2 is 2.17 bits per heavy atom. The summed E-state index contributed by atoms with van der Waals surface area (Å²) in [6.07, 6.45) is 2.64. The van der Waals surface area contributed by atoms with Gasteiger partial charge >= 0.3 is 0 Å². The minimum atomic E-state index is 0.727.